The van der Waals surface area contributed by atoms with E-state index in [0.717, 1.165) is 10.9 Å². The van der Waals surface area contributed by atoms with Gasteiger partial charge in [0, 0.05) is 24.3 Å². The summed E-state index contributed by atoms with van der Waals surface area (Å²) in [5.74, 6) is 1.96. The fourth-order valence-electron chi connectivity index (χ4n) is 2.14. The molecule has 2 atom stereocenters. The molecule has 1 heterocycles. The van der Waals surface area contributed by atoms with Crippen molar-refractivity contribution in [1.82, 2.24) is 9.97 Å². The molecule has 0 radical (unpaired) electrons. The van der Waals surface area contributed by atoms with Crippen LogP contribution in [0.4, 0.5) is 5.95 Å². The van der Waals surface area contributed by atoms with Crippen LogP contribution in [0.15, 0.2) is 16.9 Å². The van der Waals surface area contributed by atoms with Crippen molar-refractivity contribution >= 4 is 33.5 Å². The van der Waals surface area contributed by atoms with Crippen LogP contribution in [0.5, 0.6) is 0 Å². The third-order valence-corrected chi connectivity index (χ3v) is 3.85. The molecule has 0 bridgehead atoms. The largest absolute Gasteiger partial charge is 0.351 e. The molecular weight excluding hydrogens is 289 g/mol. The maximum absolute atomic E-state index is 5.98. The zero-order valence-electron chi connectivity index (χ0n) is 9.00. The number of alkyl halides is 1. The highest BCUT2D eigenvalue weighted by molar-refractivity contribution is 9.10. The van der Waals surface area contributed by atoms with Crippen LogP contribution in [0.3, 0.4) is 0 Å². The Morgan fingerprint density at radius 1 is 1.31 bits per heavy atom. The molecular formula is C11H15BrClN3. The number of halogens is 2. The lowest BCUT2D eigenvalue weighted by Crippen LogP contribution is -2.33. The van der Waals surface area contributed by atoms with Crippen LogP contribution in [-0.2, 0) is 0 Å². The summed E-state index contributed by atoms with van der Waals surface area (Å²) in [6.45, 7) is 0. The van der Waals surface area contributed by atoms with E-state index < -0.39 is 0 Å². The fraction of sp³-hybridized carbons (Fsp3) is 0.636. The van der Waals surface area contributed by atoms with Gasteiger partial charge >= 0.3 is 0 Å². The van der Waals surface area contributed by atoms with Gasteiger partial charge in [-0.25, -0.2) is 9.97 Å². The van der Waals surface area contributed by atoms with E-state index in [1.165, 1.54) is 19.3 Å². The maximum Gasteiger partial charge on any atom is 0.222 e. The van der Waals surface area contributed by atoms with Crippen molar-refractivity contribution in [3.63, 3.8) is 0 Å². The number of hydrogen-bond acceptors (Lipinski definition) is 3. The van der Waals surface area contributed by atoms with Crippen LogP contribution in [0, 0.1) is 5.92 Å². The van der Waals surface area contributed by atoms with E-state index in [0.29, 0.717) is 23.8 Å². The molecule has 1 aliphatic rings. The van der Waals surface area contributed by atoms with E-state index in [9.17, 15) is 0 Å². The Kier molecular flexibility index (Phi) is 4.41. The van der Waals surface area contributed by atoms with Crippen molar-refractivity contribution in [2.75, 3.05) is 11.2 Å². The molecule has 88 valence electrons. The minimum atomic E-state index is 0.424. The molecule has 1 N–H and O–H groups in total. The summed E-state index contributed by atoms with van der Waals surface area (Å²) in [7, 11) is 0. The number of aromatic nitrogens is 2. The van der Waals surface area contributed by atoms with Crippen molar-refractivity contribution in [3.05, 3.63) is 16.9 Å². The maximum atomic E-state index is 5.98. The van der Waals surface area contributed by atoms with Crippen molar-refractivity contribution < 1.29 is 0 Å². The number of nitrogens with one attached hydrogen (secondary N) is 1. The van der Waals surface area contributed by atoms with Gasteiger partial charge in [0.2, 0.25) is 5.95 Å². The minimum Gasteiger partial charge on any atom is -0.351 e. The van der Waals surface area contributed by atoms with Gasteiger partial charge < -0.3 is 5.32 Å². The highest BCUT2D eigenvalue weighted by atomic mass is 79.9. The quantitative estimate of drug-likeness (QED) is 0.869. The van der Waals surface area contributed by atoms with Crippen LogP contribution < -0.4 is 5.32 Å². The van der Waals surface area contributed by atoms with Gasteiger partial charge in [-0.3, -0.25) is 0 Å². The Morgan fingerprint density at radius 2 is 2.00 bits per heavy atom. The van der Waals surface area contributed by atoms with Crippen LogP contribution in [0.2, 0.25) is 0 Å². The molecule has 5 heteroatoms. The molecule has 16 heavy (non-hydrogen) atoms. The summed E-state index contributed by atoms with van der Waals surface area (Å²) in [4.78, 5) is 8.46. The smallest absolute Gasteiger partial charge is 0.222 e. The van der Waals surface area contributed by atoms with Crippen LogP contribution >= 0.6 is 27.5 Å². The molecule has 3 nitrogen and oxygen atoms in total. The summed E-state index contributed by atoms with van der Waals surface area (Å²) < 4.78 is 0.899. The zero-order valence-corrected chi connectivity index (χ0v) is 11.3. The van der Waals surface area contributed by atoms with Gasteiger partial charge in [-0.15, -0.1) is 11.6 Å². The summed E-state index contributed by atoms with van der Waals surface area (Å²) in [5.41, 5.74) is 0. The van der Waals surface area contributed by atoms with Gasteiger partial charge in [-0.2, -0.15) is 0 Å². The highest BCUT2D eigenvalue weighted by Crippen LogP contribution is 2.27. The van der Waals surface area contributed by atoms with Gasteiger partial charge in [0.05, 0.1) is 4.47 Å². The second-order valence-corrected chi connectivity index (χ2v) is 5.40. The van der Waals surface area contributed by atoms with Crippen LogP contribution in [0.1, 0.15) is 25.7 Å². The molecule has 1 fully saturated rings. The second kappa shape index (κ2) is 5.82. The zero-order chi connectivity index (χ0) is 11.4. The van der Waals surface area contributed by atoms with Crippen LogP contribution in [0.25, 0.3) is 0 Å². The topological polar surface area (TPSA) is 37.8 Å². The predicted octanol–water partition coefficient (Wildman–Crippen LogP) is 3.45. The Hall–Kier alpha value is -0.350. The van der Waals surface area contributed by atoms with Gasteiger partial charge in [0.25, 0.3) is 0 Å². The average Bonchev–Trinajstić information content (AvgIpc) is 2.33. The lowest BCUT2D eigenvalue weighted by atomic mass is 9.86. The van der Waals surface area contributed by atoms with E-state index in [4.69, 9.17) is 11.6 Å². The van der Waals surface area contributed by atoms with Gasteiger partial charge in [0.15, 0.2) is 0 Å². The molecule has 1 aliphatic carbocycles. The van der Waals surface area contributed by atoms with Crippen molar-refractivity contribution in [3.8, 4) is 0 Å². The first-order valence-electron chi connectivity index (χ1n) is 5.59. The fourth-order valence-corrected chi connectivity index (χ4v) is 2.71. The molecule has 2 unspecified atom stereocenters. The molecule has 1 saturated carbocycles. The number of rotatable bonds is 3. The molecule has 0 aromatic carbocycles. The minimum absolute atomic E-state index is 0.424. The van der Waals surface area contributed by atoms with E-state index in [-0.39, 0.29) is 0 Å². The van der Waals surface area contributed by atoms with E-state index in [2.05, 4.69) is 31.2 Å². The summed E-state index contributed by atoms with van der Waals surface area (Å²) >= 11 is 9.30. The Bertz CT molecular complexity index is 331. The average molecular weight is 305 g/mol. The molecule has 2 rings (SSSR count). The Morgan fingerprint density at radius 3 is 2.69 bits per heavy atom. The molecule has 0 saturated heterocycles. The van der Waals surface area contributed by atoms with E-state index in [1.807, 2.05) is 0 Å². The predicted molar refractivity (Wildman–Crippen MR) is 69.8 cm³/mol. The lowest BCUT2D eigenvalue weighted by molar-refractivity contribution is 0.352. The monoisotopic (exact) mass is 303 g/mol. The van der Waals surface area contributed by atoms with E-state index in [1.54, 1.807) is 12.4 Å². The van der Waals surface area contributed by atoms with Crippen molar-refractivity contribution in [2.24, 2.45) is 5.92 Å². The summed E-state index contributed by atoms with van der Waals surface area (Å²) in [6, 6.07) is 0.424. The van der Waals surface area contributed by atoms with Gasteiger partial charge in [-0.05, 0) is 34.7 Å². The normalized spacial score (nSPS) is 25.4. The summed E-state index contributed by atoms with van der Waals surface area (Å²) in [6.07, 6.45) is 8.44. The molecule has 0 spiro atoms. The third-order valence-electron chi connectivity index (χ3n) is 3.04. The molecule has 0 amide bonds. The number of hydrogen-bond donors (Lipinski definition) is 1. The van der Waals surface area contributed by atoms with Crippen molar-refractivity contribution in [2.45, 2.75) is 31.7 Å². The first-order valence-corrected chi connectivity index (χ1v) is 6.92. The molecule has 1 aromatic rings. The first-order chi connectivity index (χ1) is 7.79. The molecule has 0 aliphatic heterocycles. The highest BCUT2D eigenvalue weighted by Gasteiger charge is 2.24. The SMILES string of the molecule is ClCC1CCCCC1Nc1ncc(Br)cn1. The lowest BCUT2D eigenvalue weighted by Gasteiger charge is -2.30. The number of nitrogens with zero attached hydrogens (tertiary/aromatic N) is 2. The van der Waals surface area contributed by atoms with Crippen molar-refractivity contribution in [1.29, 1.82) is 0 Å². The Labute approximate surface area is 109 Å². The number of anilines is 1. The third kappa shape index (κ3) is 3.08. The first kappa shape index (κ1) is 12.1. The van der Waals surface area contributed by atoms with Gasteiger partial charge in [-0.1, -0.05) is 12.8 Å². The Balaban J connectivity index is 1.99. The summed E-state index contributed by atoms with van der Waals surface area (Å²) in [5, 5.41) is 3.38. The van der Waals surface area contributed by atoms with E-state index >= 15 is 0 Å². The molecule has 1 aromatic heterocycles. The van der Waals surface area contributed by atoms with Crippen LogP contribution in [-0.4, -0.2) is 21.9 Å². The second-order valence-electron chi connectivity index (χ2n) is 4.17. The standard InChI is InChI=1S/C11H15BrClN3/c12-9-6-14-11(15-7-9)16-10-4-2-1-3-8(10)5-13/h6-8,10H,1-5H2,(H,14,15,16). The van der Waals surface area contributed by atoms with Gasteiger partial charge in [0.1, 0.15) is 0 Å².